The minimum absolute atomic E-state index is 0.320. The number of hydrogen-bond acceptors (Lipinski definition) is 3. The molecule has 0 aliphatic carbocycles. The number of carbonyl (C=O) groups excluding carboxylic acids is 1. The van der Waals surface area contributed by atoms with Crippen molar-refractivity contribution in [2.45, 2.75) is 0 Å². The Labute approximate surface area is 48.7 Å². The van der Waals surface area contributed by atoms with Gasteiger partial charge in [-0.05, 0) is 0 Å². The molecule has 0 fully saturated rings. The molecule has 0 bridgehead atoms. The fourth-order valence-corrected chi connectivity index (χ4v) is 0.377. The third kappa shape index (κ3) is 5.98. The molecule has 0 aliphatic heterocycles. The van der Waals surface area contributed by atoms with Crippen LogP contribution in [0, 0.1) is 0 Å². The Kier molecular flexibility index (Phi) is 5.96. The number of thiol groups is 1. The molecule has 0 amide bonds. The molecule has 0 aromatic rings. The van der Waals surface area contributed by atoms with Crippen LogP contribution in [0.5, 0.6) is 0 Å². The van der Waals surface area contributed by atoms with Gasteiger partial charge in [0.05, 0.1) is 6.54 Å². The Morgan fingerprint density at radius 1 is 1.71 bits per heavy atom. The Balaban J connectivity index is 2.56. The lowest BCUT2D eigenvalue weighted by Gasteiger charge is -1.90. The van der Waals surface area contributed by atoms with Crippen LogP contribution in [0.1, 0.15) is 0 Å². The minimum Gasteiger partial charge on any atom is -0.309 e. The first kappa shape index (κ1) is 6.98. The van der Waals surface area contributed by atoms with E-state index in [2.05, 4.69) is 17.9 Å². The SMILES string of the molecule is O=[C]CNCCS. The van der Waals surface area contributed by atoms with Crippen LogP contribution in [0.15, 0.2) is 0 Å². The van der Waals surface area contributed by atoms with E-state index in [0.29, 0.717) is 6.54 Å². The van der Waals surface area contributed by atoms with E-state index in [-0.39, 0.29) is 0 Å². The van der Waals surface area contributed by atoms with Gasteiger partial charge in [-0.3, -0.25) is 4.79 Å². The van der Waals surface area contributed by atoms with Crippen LogP contribution >= 0.6 is 12.6 Å². The van der Waals surface area contributed by atoms with Gasteiger partial charge in [0.1, 0.15) is 0 Å². The Morgan fingerprint density at radius 2 is 2.43 bits per heavy atom. The molecule has 0 aromatic heterocycles. The molecule has 7 heavy (non-hydrogen) atoms. The molecule has 0 rings (SSSR count). The molecule has 41 valence electrons. The van der Waals surface area contributed by atoms with Crippen LogP contribution in [0.25, 0.3) is 0 Å². The molecule has 0 saturated heterocycles. The van der Waals surface area contributed by atoms with E-state index in [9.17, 15) is 4.79 Å². The second-order valence-corrected chi connectivity index (χ2v) is 1.49. The maximum atomic E-state index is 9.47. The van der Waals surface area contributed by atoms with E-state index in [0.717, 1.165) is 12.3 Å². The topological polar surface area (TPSA) is 29.1 Å². The van der Waals surface area contributed by atoms with Crippen molar-refractivity contribution in [3.8, 4) is 0 Å². The van der Waals surface area contributed by atoms with Gasteiger partial charge in [-0.15, -0.1) is 0 Å². The fourth-order valence-electron chi connectivity index (χ4n) is 0.218. The Morgan fingerprint density at radius 3 is 2.86 bits per heavy atom. The second kappa shape index (κ2) is 5.98. The molecule has 0 heterocycles. The molecule has 0 saturated carbocycles. The van der Waals surface area contributed by atoms with Gasteiger partial charge in [0.2, 0.25) is 6.29 Å². The molecular weight excluding hydrogens is 110 g/mol. The van der Waals surface area contributed by atoms with Crippen molar-refractivity contribution in [1.29, 1.82) is 0 Å². The second-order valence-electron chi connectivity index (χ2n) is 1.04. The van der Waals surface area contributed by atoms with Crippen molar-refractivity contribution in [2.75, 3.05) is 18.8 Å². The monoisotopic (exact) mass is 118 g/mol. The van der Waals surface area contributed by atoms with Crippen LogP contribution in [0.3, 0.4) is 0 Å². The largest absolute Gasteiger partial charge is 0.309 e. The number of rotatable bonds is 4. The van der Waals surface area contributed by atoms with Crippen LogP contribution in [0.2, 0.25) is 0 Å². The summed E-state index contributed by atoms with van der Waals surface area (Å²) in [7, 11) is 0. The predicted molar refractivity (Wildman–Crippen MR) is 32.4 cm³/mol. The van der Waals surface area contributed by atoms with Gasteiger partial charge >= 0.3 is 0 Å². The molecule has 2 nitrogen and oxygen atoms in total. The highest BCUT2D eigenvalue weighted by molar-refractivity contribution is 7.80. The zero-order chi connectivity index (χ0) is 5.54. The summed E-state index contributed by atoms with van der Waals surface area (Å²) < 4.78 is 0. The Hall–Kier alpha value is -0.0200. The summed E-state index contributed by atoms with van der Waals surface area (Å²) in [4.78, 5) is 9.47. The van der Waals surface area contributed by atoms with Gasteiger partial charge in [-0.1, -0.05) is 0 Å². The van der Waals surface area contributed by atoms with E-state index < -0.39 is 0 Å². The lowest BCUT2D eigenvalue weighted by molar-refractivity contribution is 0.550. The standard InChI is InChI=1S/C4H8NOS/c6-3-1-5-2-4-7/h5,7H,1-2,4H2. The summed E-state index contributed by atoms with van der Waals surface area (Å²) in [6, 6.07) is 0. The molecule has 0 unspecified atom stereocenters. The Bertz CT molecular complexity index is 49.0. The van der Waals surface area contributed by atoms with E-state index in [1.807, 2.05) is 0 Å². The first-order valence-electron chi connectivity index (χ1n) is 2.08. The number of nitrogens with one attached hydrogen (secondary N) is 1. The lowest BCUT2D eigenvalue weighted by Crippen LogP contribution is -2.18. The molecule has 0 spiro atoms. The molecule has 0 aromatic carbocycles. The van der Waals surface area contributed by atoms with Gasteiger partial charge in [0, 0.05) is 12.3 Å². The maximum Gasteiger partial charge on any atom is 0.213 e. The van der Waals surface area contributed by atoms with E-state index >= 15 is 0 Å². The van der Waals surface area contributed by atoms with Gasteiger partial charge in [0.25, 0.3) is 0 Å². The summed E-state index contributed by atoms with van der Waals surface area (Å²) in [5.41, 5.74) is 0. The van der Waals surface area contributed by atoms with Gasteiger partial charge in [-0.25, -0.2) is 0 Å². The molecule has 1 radical (unpaired) electrons. The zero-order valence-corrected chi connectivity index (χ0v) is 4.87. The van der Waals surface area contributed by atoms with E-state index in [4.69, 9.17) is 0 Å². The molecule has 3 heteroatoms. The van der Waals surface area contributed by atoms with Crippen LogP contribution in [-0.2, 0) is 4.79 Å². The normalized spacial score (nSPS) is 8.71. The predicted octanol–water partition coefficient (Wildman–Crippen LogP) is -0.385. The summed E-state index contributed by atoms with van der Waals surface area (Å²) in [6.45, 7) is 1.10. The van der Waals surface area contributed by atoms with Crippen molar-refractivity contribution in [1.82, 2.24) is 5.32 Å². The highest BCUT2D eigenvalue weighted by atomic mass is 32.1. The van der Waals surface area contributed by atoms with Crippen molar-refractivity contribution in [3.05, 3.63) is 0 Å². The average Bonchev–Trinajstić information content (AvgIpc) is 1.69. The lowest BCUT2D eigenvalue weighted by atomic mass is 10.6. The van der Waals surface area contributed by atoms with Gasteiger partial charge in [0.15, 0.2) is 0 Å². The molecule has 0 aliphatic rings. The third-order valence-corrected chi connectivity index (χ3v) is 0.709. The van der Waals surface area contributed by atoms with Crippen molar-refractivity contribution in [3.63, 3.8) is 0 Å². The smallest absolute Gasteiger partial charge is 0.213 e. The number of hydrogen-bond donors (Lipinski definition) is 2. The fraction of sp³-hybridized carbons (Fsp3) is 0.750. The highest BCUT2D eigenvalue weighted by Crippen LogP contribution is 1.64. The van der Waals surface area contributed by atoms with Crippen molar-refractivity contribution >= 4 is 18.9 Å². The van der Waals surface area contributed by atoms with Crippen molar-refractivity contribution in [2.24, 2.45) is 0 Å². The summed E-state index contributed by atoms with van der Waals surface area (Å²) in [5, 5.41) is 2.78. The minimum atomic E-state index is 0.320. The zero-order valence-electron chi connectivity index (χ0n) is 3.98. The quantitative estimate of drug-likeness (QED) is 0.389. The first-order valence-corrected chi connectivity index (χ1v) is 2.71. The van der Waals surface area contributed by atoms with Gasteiger partial charge < -0.3 is 5.32 Å². The summed E-state index contributed by atoms with van der Waals surface area (Å²) >= 11 is 3.90. The molecular formula is C4H8NOS. The van der Waals surface area contributed by atoms with Crippen LogP contribution in [-0.4, -0.2) is 25.1 Å². The van der Waals surface area contributed by atoms with Crippen LogP contribution < -0.4 is 5.32 Å². The third-order valence-electron chi connectivity index (χ3n) is 0.486. The maximum absolute atomic E-state index is 9.47. The molecule has 0 atom stereocenters. The highest BCUT2D eigenvalue weighted by Gasteiger charge is 1.78. The summed E-state index contributed by atoms with van der Waals surface area (Å²) in [5.74, 6) is 0.766. The van der Waals surface area contributed by atoms with E-state index in [1.54, 1.807) is 6.29 Å². The average molecular weight is 118 g/mol. The first-order chi connectivity index (χ1) is 3.41. The van der Waals surface area contributed by atoms with E-state index in [1.165, 1.54) is 0 Å². The van der Waals surface area contributed by atoms with Crippen molar-refractivity contribution < 1.29 is 4.79 Å². The summed E-state index contributed by atoms with van der Waals surface area (Å²) in [6.07, 6.45) is 1.71. The van der Waals surface area contributed by atoms with Gasteiger partial charge in [-0.2, -0.15) is 12.6 Å². The van der Waals surface area contributed by atoms with Crippen LogP contribution in [0.4, 0.5) is 0 Å². The molecule has 1 N–H and O–H groups in total.